The van der Waals surface area contributed by atoms with Crippen molar-refractivity contribution in [1.29, 1.82) is 0 Å². The standard InChI is InChI=1S/C23H19ClN4O2/c1-16-22(28-13-3-2-4-21(28)26-16)23(29)27-25-14-17-7-11-20(12-8-17)30-15-18-5-9-19(24)10-6-18/h2-14H,15H2,1H3,(H,27,29)/b25-14+. The third-order valence-corrected chi connectivity index (χ3v) is 4.75. The molecular weight excluding hydrogens is 400 g/mol. The number of carbonyl (C=O) groups is 1. The number of pyridine rings is 1. The Kier molecular flexibility index (Phi) is 5.77. The van der Waals surface area contributed by atoms with Gasteiger partial charge in [-0.25, -0.2) is 10.4 Å². The maximum Gasteiger partial charge on any atom is 0.290 e. The first-order valence-electron chi connectivity index (χ1n) is 9.34. The lowest BCUT2D eigenvalue weighted by Crippen LogP contribution is -2.20. The van der Waals surface area contributed by atoms with E-state index >= 15 is 0 Å². The second-order valence-corrected chi connectivity index (χ2v) is 7.09. The predicted octanol–water partition coefficient (Wildman–Crippen LogP) is 4.64. The van der Waals surface area contributed by atoms with Gasteiger partial charge in [0.1, 0.15) is 23.7 Å². The molecule has 1 N–H and O–H groups in total. The van der Waals surface area contributed by atoms with Crippen molar-refractivity contribution in [3.63, 3.8) is 0 Å². The fraction of sp³-hybridized carbons (Fsp3) is 0.0870. The minimum absolute atomic E-state index is 0.314. The molecule has 6 nitrogen and oxygen atoms in total. The van der Waals surface area contributed by atoms with Crippen molar-refractivity contribution in [3.8, 4) is 5.75 Å². The minimum Gasteiger partial charge on any atom is -0.489 e. The monoisotopic (exact) mass is 418 g/mol. The third-order valence-electron chi connectivity index (χ3n) is 4.50. The minimum atomic E-state index is -0.314. The van der Waals surface area contributed by atoms with Gasteiger partial charge in [-0.2, -0.15) is 5.10 Å². The fourth-order valence-corrected chi connectivity index (χ4v) is 3.13. The normalized spacial score (nSPS) is 11.1. The van der Waals surface area contributed by atoms with Crippen LogP contribution in [-0.2, 0) is 6.61 Å². The lowest BCUT2D eigenvalue weighted by Gasteiger charge is -2.06. The van der Waals surface area contributed by atoms with E-state index in [0.717, 1.165) is 22.5 Å². The van der Waals surface area contributed by atoms with Crippen LogP contribution in [0.5, 0.6) is 5.75 Å². The van der Waals surface area contributed by atoms with E-state index in [1.54, 1.807) is 23.7 Å². The number of benzene rings is 2. The van der Waals surface area contributed by atoms with Gasteiger partial charge in [0, 0.05) is 11.2 Å². The molecule has 0 fully saturated rings. The molecule has 4 aromatic rings. The summed E-state index contributed by atoms with van der Waals surface area (Å²) in [5.74, 6) is 0.429. The van der Waals surface area contributed by atoms with Crippen LogP contribution in [0.3, 0.4) is 0 Å². The van der Waals surface area contributed by atoms with Crippen LogP contribution >= 0.6 is 11.6 Å². The maximum atomic E-state index is 12.5. The smallest absolute Gasteiger partial charge is 0.290 e. The van der Waals surface area contributed by atoms with Gasteiger partial charge in [-0.15, -0.1) is 0 Å². The second kappa shape index (κ2) is 8.80. The summed E-state index contributed by atoms with van der Waals surface area (Å²) in [7, 11) is 0. The molecule has 7 heteroatoms. The van der Waals surface area contributed by atoms with E-state index < -0.39 is 0 Å². The van der Waals surface area contributed by atoms with Crippen molar-refractivity contribution < 1.29 is 9.53 Å². The van der Waals surface area contributed by atoms with E-state index in [0.29, 0.717) is 23.0 Å². The molecule has 1 amide bonds. The zero-order valence-electron chi connectivity index (χ0n) is 16.2. The molecule has 0 saturated heterocycles. The average Bonchev–Trinajstić information content (AvgIpc) is 3.10. The number of aryl methyl sites for hydroxylation is 1. The van der Waals surface area contributed by atoms with E-state index in [1.165, 1.54) is 0 Å². The van der Waals surface area contributed by atoms with E-state index in [2.05, 4.69) is 15.5 Å². The van der Waals surface area contributed by atoms with Crippen molar-refractivity contribution >= 4 is 29.4 Å². The molecule has 0 unspecified atom stereocenters. The van der Waals surface area contributed by atoms with Gasteiger partial charge in [-0.05, 0) is 66.6 Å². The Morgan fingerprint density at radius 1 is 1.13 bits per heavy atom. The van der Waals surface area contributed by atoms with Gasteiger partial charge in [0.25, 0.3) is 5.91 Å². The number of imidazole rings is 1. The van der Waals surface area contributed by atoms with Crippen molar-refractivity contribution in [2.45, 2.75) is 13.5 Å². The van der Waals surface area contributed by atoms with Crippen LogP contribution in [0.1, 0.15) is 27.3 Å². The van der Waals surface area contributed by atoms with E-state index in [4.69, 9.17) is 16.3 Å². The van der Waals surface area contributed by atoms with Crippen LogP contribution in [0.4, 0.5) is 0 Å². The van der Waals surface area contributed by atoms with Crippen LogP contribution < -0.4 is 10.2 Å². The number of nitrogens with one attached hydrogen (secondary N) is 1. The number of nitrogens with zero attached hydrogens (tertiary/aromatic N) is 3. The number of ether oxygens (including phenoxy) is 1. The van der Waals surface area contributed by atoms with Crippen LogP contribution in [0.25, 0.3) is 5.65 Å². The second-order valence-electron chi connectivity index (χ2n) is 6.66. The number of amides is 1. The summed E-state index contributed by atoms with van der Waals surface area (Å²) in [6, 6.07) is 20.6. The maximum absolute atomic E-state index is 12.5. The Morgan fingerprint density at radius 3 is 2.67 bits per heavy atom. The Hall–Kier alpha value is -3.64. The van der Waals surface area contributed by atoms with Gasteiger partial charge >= 0.3 is 0 Å². The van der Waals surface area contributed by atoms with Gasteiger partial charge in [0.05, 0.1) is 11.9 Å². The van der Waals surface area contributed by atoms with Crippen LogP contribution in [0, 0.1) is 6.92 Å². The molecule has 30 heavy (non-hydrogen) atoms. The number of hydrazone groups is 1. The van der Waals surface area contributed by atoms with Crippen LogP contribution in [0.15, 0.2) is 78.0 Å². The summed E-state index contributed by atoms with van der Waals surface area (Å²) in [5.41, 5.74) is 6.27. The third kappa shape index (κ3) is 4.50. The van der Waals surface area contributed by atoms with Gasteiger partial charge in [-0.1, -0.05) is 29.8 Å². The van der Waals surface area contributed by atoms with Crippen LogP contribution in [0.2, 0.25) is 5.02 Å². The Bertz CT molecular complexity index is 1200. The topological polar surface area (TPSA) is 68.0 Å². The number of carbonyl (C=O) groups excluding carboxylic acids is 1. The molecule has 2 aromatic heterocycles. The molecule has 0 aliphatic carbocycles. The van der Waals surface area contributed by atoms with Crippen molar-refractivity contribution in [2.75, 3.05) is 0 Å². The summed E-state index contributed by atoms with van der Waals surface area (Å²) in [6.45, 7) is 2.26. The highest BCUT2D eigenvalue weighted by molar-refractivity contribution is 6.30. The Morgan fingerprint density at radius 2 is 1.90 bits per heavy atom. The summed E-state index contributed by atoms with van der Waals surface area (Å²) in [5, 5.41) is 4.76. The molecule has 2 aromatic carbocycles. The Balaban J connectivity index is 1.35. The Labute approximate surface area is 178 Å². The number of aromatic nitrogens is 2. The molecule has 0 spiro atoms. The molecule has 4 rings (SSSR count). The first kappa shape index (κ1) is 19.7. The molecule has 0 atom stereocenters. The average molecular weight is 419 g/mol. The summed E-state index contributed by atoms with van der Waals surface area (Å²) in [6.07, 6.45) is 3.39. The molecule has 0 saturated carbocycles. The molecule has 0 aliphatic heterocycles. The molecule has 0 aliphatic rings. The molecule has 150 valence electrons. The van der Waals surface area contributed by atoms with Gasteiger partial charge in [0.2, 0.25) is 0 Å². The number of halogens is 1. The highest BCUT2D eigenvalue weighted by Gasteiger charge is 2.15. The zero-order valence-corrected chi connectivity index (χ0v) is 17.0. The summed E-state index contributed by atoms with van der Waals surface area (Å²) in [4.78, 5) is 16.9. The lowest BCUT2D eigenvalue weighted by molar-refractivity contribution is 0.0948. The first-order valence-corrected chi connectivity index (χ1v) is 9.72. The SMILES string of the molecule is Cc1nc2ccccn2c1C(=O)N/N=C/c1ccc(OCc2ccc(Cl)cc2)cc1. The quantitative estimate of drug-likeness (QED) is 0.366. The van der Waals surface area contributed by atoms with Crippen molar-refractivity contribution in [1.82, 2.24) is 14.8 Å². The molecule has 0 radical (unpaired) electrons. The highest BCUT2D eigenvalue weighted by atomic mass is 35.5. The summed E-state index contributed by atoms with van der Waals surface area (Å²) >= 11 is 5.89. The molecule has 2 heterocycles. The fourth-order valence-electron chi connectivity index (χ4n) is 3.00. The van der Waals surface area contributed by atoms with Crippen molar-refractivity contribution in [2.24, 2.45) is 5.10 Å². The number of fused-ring (bicyclic) bond motifs is 1. The van der Waals surface area contributed by atoms with Gasteiger partial charge < -0.3 is 4.74 Å². The van der Waals surface area contributed by atoms with Crippen LogP contribution in [-0.4, -0.2) is 21.5 Å². The summed E-state index contributed by atoms with van der Waals surface area (Å²) < 4.78 is 7.51. The van der Waals surface area contributed by atoms with Gasteiger partial charge in [0.15, 0.2) is 0 Å². The first-order chi connectivity index (χ1) is 14.6. The number of hydrogen-bond acceptors (Lipinski definition) is 4. The van der Waals surface area contributed by atoms with Crippen molar-refractivity contribution in [3.05, 3.63) is 100 Å². The molecular formula is C23H19ClN4O2. The largest absolute Gasteiger partial charge is 0.489 e. The lowest BCUT2D eigenvalue weighted by atomic mass is 10.2. The zero-order chi connectivity index (χ0) is 20.9. The number of rotatable bonds is 6. The van der Waals surface area contributed by atoms with E-state index in [-0.39, 0.29) is 5.91 Å². The predicted molar refractivity (Wildman–Crippen MR) is 117 cm³/mol. The highest BCUT2D eigenvalue weighted by Crippen LogP contribution is 2.15. The van der Waals surface area contributed by atoms with Gasteiger partial charge in [-0.3, -0.25) is 9.20 Å². The number of hydrogen-bond donors (Lipinski definition) is 1. The molecule has 0 bridgehead atoms. The van der Waals surface area contributed by atoms with E-state index in [1.807, 2.05) is 66.7 Å². The van der Waals surface area contributed by atoms with E-state index in [9.17, 15) is 4.79 Å².